The minimum atomic E-state index is 0.338. The van der Waals surface area contributed by atoms with Gasteiger partial charge in [0.1, 0.15) is 0 Å². The Morgan fingerprint density at radius 2 is 2.05 bits per heavy atom. The predicted octanol–water partition coefficient (Wildman–Crippen LogP) is 0.685. The average molecular weight is 283 g/mol. The summed E-state index contributed by atoms with van der Waals surface area (Å²) in [4.78, 5) is 16.6. The lowest BCUT2D eigenvalue weighted by Crippen LogP contribution is -2.43. The van der Waals surface area contributed by atoms with Crippen LogP contribution in [0, 0.1) is 5.92 Å². The second kappa shape index (κ2) is 7.96. The molecule has 0 radical (unpaired) electrons. The number of methoxy groups -OCH3 is 1. The first-order valence-electron chi connectivity index (χ1n) is 7.95. The molecule has 5 nitrogen and oxygen atoms in total. The summed E-state index contributed by atoms with van der Waals surface area (Å²) in [6, 6.07) is 0.402. The summed E-state index contributed by atoms with van der Waals surface area (Å²) in [7, 11) is 1.75. The van der Waals surface area contributed by atoms with Gasteiger partial charge in [0.2, 0.25) is 5.91 Å². The summed E-state index contributed by atoms with van der Waals surface area (Å²) in [6.45, 7) is 5.75. The molecule has 2 aliphatic heterocycles. The Bertz CT molecular complexity index is 303. The topological polar surface area (TPSA) is 58.8 Å². The van der Waals surface area contributed by atoms with Gasteiger partial charge in [-0.25, -0.2) is 0 Å². The molecule has 0 aromatic rings. The summed E-state index contributed by atoms with van der Waals surface area (Å²) < 4.78 is 5.13. The van der Waals surface area contributed by atoms with E-state index in [2.05, 4.69) is 9.80 Å². The molecule has 2 N–H and O–H groups in total. The maximum atomic E-state index is 12.0. The molecule has 2 fully saturated rings. The summed E-state index contributed by atoms with van der Waals surface area (Å²) in [5.74, 6) is 1.00. The zero-order valence-corrected chi connectivity index (χ0v) is 12.7. The van der Waals surface area contributed by atoms with Crippen LogP contribution in [0.15, 0.2) is 0 Å². The van der Waals surface area contributed by atoms with Crippen LogP contribution in [0.25, 0.3) is 0 Å². The van der Waals surface area contributed by atoms with Crippen LogP contribution >= 0.6 is 0 Å². The first-order chi connectivity index (χ1) is 9.74. The number of carbonyl (C=O) groups excluding carboxylic acids is 1. The lowest BCUT2D eigenvalue weighted by atomic mass is 9.95. The van der Waals surface area contributed by atoms with Crippen molar-refractivity contribution in [3.63, 3.8) is 0 Å². The van der Waals surface area contributed by atoms with Crippen LogP contribution in [-0.4, -0.2) is 68.2 Å². The highest BCUT2D eigenvalue weighted by Crippen LogP contribution is 2.26. The van der Waals surface area contributed by atoms with Gasteiger partial charge in [-0.05, 0) is 51.2 Å². The molecule has 116 valence electrons. The Balaban J connectivity index is 1.75. The van der Waals surface area contributed by atoms with Gasteiger partial charge < -0.3 is 20.3 Å². The molecular formula is C15H29N3O2. The number of piperidine rings is 1. The summed E-state index contributed by atoms with van der Waals surface area (Å²) in [6.07, 6.45) is 5.07. The monoisotopic (exact) mass is 283 g/mol. The van der Waals surface area contributed by atoms with Gasteiger partial charge in [0.05, 0.1) is 6.61 Å². The Morgan fingerprint density at radius 1 is 1.30 bits per heavy atom. The third-order valence-corrected chi connectivity index (χ3v) is 4.73. The molecule has 2 heterocycles. The Morgan fingerprint density at radius 3 is 2.70 bits per heavy atom. The van der Waals surface area contributed by atoms with E-state index in [0.29, 0.717) is 24.4 Å². The van der Waals surface area contributed by atoms with E-state index in [4.69, 9.17) is 10.5 Å². The third-order valence-electron chi connectivity index (χ3n) is 4.73. The standard InChI is InChI=1S/C15H29N3O2/c1-20-11-10-17-8-5-13(6-9-17)12-18-14(4-7-16)2-3-15(18)19/h13-14H,2-12,16H2,1H3. The normalized spacial score (nSPS) is 25.6. The van der Waals surface area contributed by atoms with Crippen molar-refractivity contribution in [3.05, 3.63) is 0 Å². The third kappa shape index (κ3) is 4.17. The lowest BCUT2D eigenvalue weighted by molar-refractivity contribution is -0.129. The van der Waals surface area contributed by atoms with E-state index in [9.17, 15) is 4.79 Å². The number of ether oxygens (including phenoxy) is 1. The number of nitrogens with two attached hydrogens (primary N) is 1. The number of nitrogens with zero attached hydrogens (tertiary/aromatic N) is 2. The number of hydrogen-bond donors (Lipinski definition) is 1. The largest absolute Gasteiger partial charge is 0.383 e. The molecule has 1 atom stereocenters. The average Bonchev–Trinajstić information content (AvgIpc) is 2.80. The van der Waals surface area contributed by atoms with Crippen LogP contribution in [0.1, 0.15) is 32.1 Å². The van der Waals surface area contributed by atoms with Crippen molar-refractivity contribution in [2.45, 2.75) is 38.1 Å². The Kier molecular flexibility index (Phi) is 6.26. The lowest BCUT2D eigenvalue weighted by Gasteiger charge is -2.35. The second-order valence-corrected chi connectivity index (χ2v) is 6.09. The number of likely N-dealkylation sites (tertiary alicyclic amines) is 2. The van der Waals surface area contributed by atoms with Crippen molar-refractivity contribution in [1.29, 1.82) is 0 Å². The number of hydrogen-bond acceptors (Lipinski definition) is 4. The molecule has 0 bridgehead atoms. The second-order valence-electron chi connectivity index (χ2n) is 6.09. The quantitative estimate of drug-likeness (QED) is 0.746. The summed E-state index contributed by atoms with van der Waals surface area (Å²) >= 11 is 0. The van der Waals surface area contributed by atoms with Crippen LogP contribution < -0.4 is 5.73 Å². The molecule has 0 spiro atoms. The smallest absolute Gasteiger partial charge is 0.222 e. The maximum absolute atomic E-state index is 12.0. The first kappa shape index (κ1) is 15.7. The highest BCUT2D eigenvalue weighted by Gasteiger charge is 2.32. The molecule has 1 amide bonds. The van der Waals surface area contributed by atoms with E-state index in [-0.39, 0.29) is 0 Å². The molecule has 0 saturated carbocycles. The SMILES string of the molecule is COCCN1CCC(CN2C(=O)CCC2CCN)CC1. The number of carbonyl (C=O) groups is 1. The van der Waals surface area contributed by atoms with Gasteiger partial charge in [-0.1, -0.05) is 0 Å². The van der Waals surface area contributed by atoms with Crippen molar-refractivity contribution in [2.24, 2.45) is 11.7 Å². The van der Waals surface area contributed by atoms with Gasteiger partial charge in [-0.2, -0.15) is 0 Å². The fourth-order valence-electron chi connectivity index (χ4n) is 3.43. The zero-order chi connectivity index (χ0) is 14.4. The molecular weight excluding hydrogens is 254 g/mol. The van der Waals surface area contributed by atoms with Crippen molar-refractivity contribution < 1.29 is 9.53 Å². The molecule has 0 aromatic carbocycles. The fraction of sp³-hybridized carbons (Fsp3) is 0.933. The van der Waals surface area contributed by atoms with Crippen LogP contribution in [0.3, 0.4) is 0 Å². The van der Waals surface area contributed by atoms with Gasteiger partial charge >= 0.3 is 0 Å². The first-order valence-corrected chi connectivity index (χ1v) is 7.95. The van der Waals surface area contributed by atoms with Crippen LogP contribution in [-0.2, 0) is 9.53 Å². The van der Waals surface area contributed by atoms with E-state index in [1.165, 1.54) is 12.8 Å². The zero-order valence-electron chi connectivity index (χ0n) is 12.7. The molecule has 5 heteroatoms. The fourth-order valence-corrected chi connectivity index (χ4v) is 3.43. The van der Waals surface area contributed by atoms with E-state index in [0.717, 1.165) is 52.0 Å². The van der Waals surface area contributed by atoms with Crippen molar-refractivity contribution in [3.8, 4) is 0 Å². The Labute approximate surface area is 122 Å². The van der Waals surface area contributed by atoms with Gasteiger partial charge in [0, 0.05) is 32.7 Å². The maximum Gasteiger partial charge on any atom is 0.222 e. The number of rotatable bonds is 7. The van der Waals surface area contributed by atoms with Crippen molar-refractivity contribution in [2.75, 3.05) is 46.4 Å². The summed E-state index contributed by atoms with van der Waals surface area (Å²) in [5, 5.41) is 0. The molecule has 2 rings (SSSR count). The van der Waals surface area contributed by atoms with Gasteiger partial charge in [0.15, 0.2) is 0 Å². The molecule has 2 aliphatic rings. The van der Waals surface area contributed by atoms with Crippen LogP contribution in [0.4, 0.5) is 0 Å². The molecule has 20 heavy (non-hydrogen) atoms. The van der Waals surface area contributed by atoms with E-state index < -0.39 is 0 Å². The van der Waals surface area contributed by atoms with Gasteiger partial charge in [-0.15, -0.1) is 0 Å². The van der Waals surface area contributed by atoms with Gasteiger partial charge in [0.25, 0.3) is 0 Å². The predicted molar refractivity (Wildman–Crippen MR) is 79.4 cm³/mol. The molecule has 0 aromatic heterocycles. The minimum Gasteiger partial charge on any atom is -0.383 e. The van der Waals surface area contributed by atoms with Gasteiger partial charge in [-0.3, -0.25) is 4.79 Å². The number of amides is 1. The van der Waals surface area contributed by atoms with E-state index in [1.54, 1.807) is 7.11 Å². The minimum absolute atomic E-state index is 0.338. The van der Waals surface area contributed by atoms with Crippen LogP contribution in [0.5, 0.6) is 0 Å². The van der Waals surface area contributed by atoms with Crippen LogP contribution in [0.2, 0.25) is 0 Å². The molecule has 2 saturated heterocycles. The molecule has 1 unspecified atom stereocenters. The van der Waals surface area contributed by atoms with Crippen molar-refractivity contribution in [1.82, 2.24) is 9.80 Å². The summed E-state index contributed by atoms with van der Waals surface area (Å²) in [5.41, 5.74) is 5.66. The van der Waals surface area contributed by atoms with E-state index in [1.807, 2.05) is 0 Å². The molecule has 0 aliphatic carbocycles. The Hall–Kier alpha value is -0.650. The van der Waals surface area contributed by atoms with E-state index >= 15 is 0 Å². The highest BCUT2D eigenvalue weighted by atomic mass is 16.5. The highest BCUT2D eigenvalue weighted by molar-refractivity contribution is 5.78. The van der Waals surface area contributed by atoms with Crippen molar-refractivity contribution >= 4 is 5.91 Å².